The molecule has 3 aromatic rings. The number of methoxy groups -OCH3 is 1. The number of hydrogen-bond donors (Lipinski definition) is 2. The molecule has 0 bridgehead atoms. The quantitative estimate of drug-likeness (QED) is 0.577. The molecule has 0 radical (unpaired) electrons. The molecule has 0 aliphatic heterocycles. The largest absolute Gasteiger partial charge is 0.385 e. The van der Waals surface area contributed by atoms with Gasteiger partial charge in [-0.15, -0.1) is 15.3 Å². The van der Waals surface area contributed by atoms with Gasteiger partial charge in [0.25, 0.3) is 0 Å². The zero-order valence-electron chi connectivity index (χ0n) is 15.0. The molecular weight excluding hydrogens is 328 g/mol. The van der Waals surface area contributed by atoms with Crippen LogP contribution in [0.25, 0.3) is 5.65 Å². The van der Waals surface area contributed by atoms with Crippen LogP contribution < -0.4 is 10.6 Å². The van der Waals surface area contributed by atoms with Gasteiger partial charge >= 0.3 is 0 Å². The molecule has 0 unspecified atom stereocenters. The first-order valence-electron chi connectivity index (χ1n) is 9.12. The van der Waals surface area contributed by atoms with Crippen molar-refractivity contribution in [2.45, 2.75) is 31.7 Å². The second-order valence-corrected chi connectivity index (χ2v) is 6.62. The van der Waals surface area contributed by atoms with Crippen LogP contribution in [-0.4, -0.2) is 40.1 Å². The molecule has 4 rings (SSSR count). The zero-order chi connectivity index (χ0) is 17.8. The summed E-state index contributed by atoms with van der Waals surface area (Å²) in [6.45, 7) is 2.27. The Morgan fingerprint density at radius 1 is 1.15 bits per heavy atom. The van der Waals surface area contributed by atoms with E-state index in [1.807, 2.05) is 28.8 Å². The fourth-order valence-corrected chi connectivity index (χ4v) is 2.93. The second kappa shape index (κ2) is 7.70. The van der Waals surface area contributed by atoms with Crippen molar-refractivity contribution in [3.8, 4) is 0 Å². The molecule has 7 heteroatoms. The van der Waals surface area contributed by atoms with E-state index in [0.717, 1.165) is 49.1 Å². The predicted molar refractivity (Wildman–Crippen MR) is 102 cm³/mol. The van der Waals surface area contributed by atoms with Crippen LogP contribution in [0.15, 0.2) is 36.4 Å². The third-order valence-electron chi connectivity index (χ3n) is 4.49. The molecule has 7 nitrogen and oxygen atoms in total. The van der Waals surface area contributed by atoms with E-state index in [0.29, 0.717) is 5.92 Å². The maximum Gasteiger partial charge on any atom is 0.201 e. The van der Waals surface area contributed by atoms with Crippen LogP contribution in [0.1, 0.15) is 36.6 Å². The van der Waals surface area contributed by atoms with Crippen LogP contribution in [0.5, 0.6) is 0 Å². The summed E-state index contributed by atoms with van der Waals surface area (Å²) in [4.78, 5) is 0. The minimum atomic E-state index is 0.489. The SMILES string of the molecule is COCCCNc1cc(NCc2ccccc2)c2nnc(C3CC3)n2n1. The molecule has 1 saturated carbocycles. The summed E-state index contributed by atoms with van der Waals surface area (Å²) in [5.74, 6) is 2.28. The molecule has 0 spiro atoms. The molecule has 1 aromatic carbocycles. The van der Waals surface area contributed by atoms with Crippen molar-refractivity contribution in [3.05, 3.63) is 47.8 Å². The van der Waals surface area contributed by atoms with E-state index in [9.17, 15) is 0 Å². The molecule has 0 amide bonds. The Morgan fingerprint density at radius 2 is 2.00 bits per heavy atom. The van der Waals surface area contributed by atoms with Crippen molar-refractivity contribution in [1.82, 2.24) is 19.8 Å². The van der Waals surface area contributed by atoms with Crippen molar-refractivity contribution in [3.63, 3.8) is 0 Å². The van der Waals surface area contributed by atoms with Gasteiger partial charge in [0.2, 0.25) is 5.65 Å². The molecule has 1 aliphatic carbocycles. The van der Waals surface area contributed by atoms with E-state index in [1.54, 1.807) is 7.11 Å². The van der Waals surface area contributed by atoms with Gasteiger partial charge in [0.1, 0.15) is 5.82 Å². The first-order valence-corrected chi connectivity index (χ1v) is 9.12. The summed E-state index contributed by atoms with van der Waals surface area (Å²) in [7, 11) is 1.72. The number of ether oxygens (including phenoxy) is 1. The van der Waals surface area contributed by atoms with Gasteiger partial charge in [-0.2, -0.15) is 4.52 Å². The number of fused-ring (bicyclic) bond motifs is 1. The van der Waals surface area contributed by atoms with Crippen LogP contribution >= 0.6 is 0 Å². The maximum atomic E-state index is 5.11. The summed E-state index contributed by atoms with van der Waals surface area (Å²) >= 11 is 0. The molecular formula is C19H24N6O. The summed E-state index contributed by atoms with van der Waals surface area (Å²) in [6, 6.07) is 12.3. The van der Waals surface area contributed by atoms with Crippen molar-refractivity contribution < 1.29 is 4.74 Å². The average Bonchev–Trinajstić information content (AvgIpc) is 3.43. The second-order valence-electron chi connectivity index (χ2n) is 6.62. The van der Waals surface area contributed by atoms with E-state index in [2.05, 4.69) is 33.0 Å². The maximum absolute atomic E-state index is 5.11. The van der Waals surface area contributed by atoms with Gasteiger partial charge in [-0.1, -0.05) is 30.3 Å². The third-order valence-corrected chi connectivity index (χ3v) is 4.49. The van der Waals surface area contributed by atoms with Crippen LogP contribution in [0, 0.1) is 0 Å². The Balaban J connectivity index is 1.58. The summed E-state index contributed by atoms with van der Waals surface area (Å²) in [5, 5.41) is 20.3. The molecule has 2 heterocycles. The average molecular weight is 352 g/mol. The minimum absolute atomic E-state index is 0.489. The Morgan fingerprint density at radius 3 is 2.77 bits per heavy atom. The normalized spacial score (nSPS) is 13.9. The van der Waals surface area contributed by atoms with Gasteiger partial charge in [-0.25, -0.2) is 0 Å². The van der Waals surface area contributed by atoms with Gasteiger partial charge in [0.15, 0.2) is 5.82 Å². The van der Waals surface area contributed by atoms with Crippen LogP contribution in [0.3, 0.4) is 0 Å². The van der Waals surface area contributed by atoms with E-state index in [-0.39, 0.29) is 0 Å². The van der Waals surface area contributed by atoms with Crippen molar-refractivity contribution in [1.29, 1.82) is 0 Å². The third kappa shape index (κ3) is 3.77. The number of nitrogens with zero attached hydrogens (tertiary/aromatic N) is 4. The molecule has 0 saturated heterocycles. The lowest BCUT2D eigenvalue weighted by Crippen LogP contribution is -2.11. The van der Waals surface area contributed by atoms with Gasteiger partial charge in [0.05, 0.1) is 5.69 Å². The zero-order valence-corrected chi connectivity index (χ0v) is 15.0. The molecule has 1 fully saturated rings. The van der Waals surface area contributed by atoms with E-state index < -0.39 is 0 Å². The molecule has 136 valence electrons. The van der Waals surface area contributed by atoms with Crippen LogP contribution in [0.4, 0.5) is 11.5 Å². The lowest BCUT2D eigenvalue weighted by Gasteiger charge is -2.11. The standard InChI is InChI=1S/C19H24N6O/c1-26-11-5-10-20-17-12-16(21-13-14-6-3-2-4-7-14)19-23-22-18(15-8-9-15)25(19)24-17/h2-4,6-7,12,15,21H,5,8-11,13H2,1H3,(H,20,24). The highest BCUT2D eigenvalue weighted by molar-refractivity contribution is 5.70. The van der Waals surface area contributed by atoms with Crippen molar-refractivity contribution in [2.75, 3.05) is 30.9 Å². The van der Waals surface area contributed by atoms with Gasteiger partial charge in [0, 0.05) is 38.8 Å². The molecule has 2 aromatic heterocycles. The van der Waals surface area contributed by atoms with Crippen molar-refractivity contribution >= 4 is 17.2 Å². The Labute approximate surface area is 152 Å². The van der Waals surface area contributed by atoms with Crippen LogP contribution in [0.2, 0.25) is 0 Å². The van der Waals surface area contributed by atoms with Crippen LogP contribution in [-0.2, 0) is 11.3 Å². The summed E-state index contributed by atoms with van der Waals surface area (Å²) in [6.07, 6.45) is 3.27. The Kier molecular flexibility index (Phi) is 4.97. The van der Waals surface area contributed by atoms with E-state index in [4.69, 9.17) is 9.84 Å². The van der Waals surface area contributed by atoms with Crippen molar-refractivity contribution in [2.24, 2.45) is 0 Å². The summed E-state index contributed by atoms with van der Waals surface area (Å²) < 4.78 is 7.00. The van der Waals surface area contributed by atoms with Gasteiger partial charge in [-0.3, -0.25) is 0 Å². The Bertz CT molecular complexity index is 859. The number of nitrogens with one attached hydrogen (secondary N) is 2. The first-order chi connectivity index (χ1) is 12.8. The molecule has 26 heavy (non-hydrogen) atoms. The lowest BCUT2D eigenvalue weighted by molar-refractivity contribution is 0.197. The fraction of sp³-hybridized carbons (Fsp3) is 0.421. The monoisotopic (exact) mass is 352 g/mol. The molecule has 0 atom stereocenters. The number of rotatable bonds is 9. The Hall–Kier alpha value is -2.67. The van der Waals surface area contributed by atoms with Gasteiger partial charge < -0.3 is 15.4 Å². The number of hydrogen-bond acceptors (Lipinski definition) is 6. The summed E-state index contributed by atoms with van der Waals surface area (Å²) in [5.41, 5.74) is 2.95. The lowest BCUT2D eigenvalue weighted by atomic mass is 10.2. The fourth-order valence-electron chi connectivity index (χ4n) is 2.93. The number of benzene rings is 1. The van der Waals surface area contributed by atoms with E-state index >= 15 is 0 Å². The first kappa shape index (κ1) is 16.8. The smallest absolute Gasteiger partial charge is 0.201 e. The molecule has 1 aliphatic rings. The number of anilines is 2. The highest BCUT2D eigenvalue weighted by Gasteiger charge is 2.30. The van der Waals surface area contributed by atoms with Gasteiger partial charge in [-0.05, 0) is 24.8 Å². The van der Waals surface area contributed by atoms with E-state index in [1.165, 1.54) is 18.4 Å². The highest BCUT2D eigenvalue weighted by Crippen LogP contribution is 2.39. The highest BCUT2D eigenvalue weighted by atomic mass is 16.5. The minimum Gasteiger partial charge on any atom is -0.385 e. The topological polar surface area (TPSA) is 76.4 Å². The predicted octanol–water partition coefficient (Wildman–Crippen LogP) is 3.06. The number of aromatic nitrogens is 4. The molecule has 2 N–H and O–H groups in total.